The van der Waals surface area contributed by atoms with Crippen LogP contribution < -0.4 is 21.9 Å². The first-order chi connectivity index (χ1) is 15.6. The topological polar surface area (TPSA) is 213 Å². The number of alkyl halides is 1. The van der Waals surface area contributed by atoms with Crippen molar-refractivity contribution in [1.82, 2.24) is 25.3 Å². The molecule has 33 heavy (non-hydrogen) atoms. The summed E-state index contributed by atoms with van der Waals surface area (Å²) in [4.78, 5) is 60.4. The Labute approximate surface area is 183 Å². The largest absolute Gasteiger partial charge is 0.481 e. The summed E-state index contributed by atoms with van der Waals surface area (Å²) in [6.45, 7) is 0.179. The van der Waals surface area contributed by atoms with Crippen LogP contribution in [0.2, 0.25) is 0 Å². The lowest BCUT2D eigenvalue weighted by molar-refractivity contribution is -0.143. The molecule has 1 amide bonds. The van der Waals surface area contributed by atoms with E-state index < -0.39 is 42.0 Å². The zero-order valence-corrected chi connectivity index (χ0v) is 16.8. The number of nitrogens with two attached hydrogens (primary N) is 1. The van der Waals surface area contributed by atoms with Crippen LogP contribution in [0.1, 0.15) is 22.5 Å². The second kappa shape index (κ2) is 9.67. The third-order valence-electron chi connectivity index (χ3n) is 4.39. The first-order valence-electron chi connectivity index (χ1n) is 9.39. The number of anilines is 2. The monoisotopic (exact) mass is 459 g/mol. The molecule has 3 rings (SSSR count). The Morgan fingerprint density at radius 3 is 2.48 bits per heavy atom. The van der Waals surface area contributed by atoms with Crippen LogP contribution in [0.4, 0.5) is 16.0 Å². The van der Waals surface area contributed by atoms with Crippen LogP contribution in [-0.2, 0) is 16.1 Å². The number of rotatable bonds is 9. The Kier molecular flexibility index (Phi) is 6.76. The van der Waals surface area contributed by atoms with Crippen molar-refractivity contribution in [3.8, 4) is 0 Å². The maximum absolute atomic E-state index is 13.9. The number of hydrogen-bond donors (Lipinski definition) is 6. The van der Waals surface area contributed by atoms with Gasteiger partial charge in [0.05, 0.1) is 24.9 Å². The first-order valence-corrected chi connectivity index (χ1v) is 9.39. The lowest BCUT2D eigenvalue weighted by Crippen LogP contribution is -2.47. The van der Waals surface area contributed by atoms with Gasteiger partial charge in [0.25, 0.3) is 11.5 Å². The number of carbonyl (C=O) groups is 3. The van der Waals surface area contributed by atoms with Crippen LogP contribution in [0.5, 0.6) is 0 Å². The van der Waals surface area contributed by atoms with Crippen molar-refractivity contribution in [2.24, 2.45) is 0 Å². The molecule has 1 aromatic carbocycles. The first kappa shape index (κ1) is 23.1. The molecular weight excluding hydrogens is 441 g/mol. The third-order valence-corrected chi connectivity index (χ3v) is 4.39. The summed E-state index contributed by atoms with van der Waals surface area (Å²) in [5.41, 5.74) is 6.09. The van der Waals surface area contributed by atoms with Crippen LogP contribution in [-0.4, -0.2) is 60.2 Å². The van der Waals surface area contributed by atoms with Gasteiger partial charge in [0.2, 0.25) is 5.95 Å². The average Bonchev–Trinajstić information content (AvgIpc) is 2.75. The number of hydrogen-bond acceptors (Lipinski definition) is 9. The number of fused-ring (bicyclic) bond motifs is 1. The maximum atomic E-state index is 13.9. The Morgan fingerprint density at radius 2 is 1.85 bits per heavy atom. The van der Waals surface area contributed by atoms with E-state index in [-0.39, 0.29) is 29.2 Å². The molecule has 2 aromatic heterocycles. The van der Waals surface area contributed by atoms with Crippen molar-refractivity contribution in [3.63, 3.8) is 0 Å². The number of carboxylic acid groups (broad SMARTS) is 2. The number of carbonyl (C=O) groups excluding carboxylic acids is 1. The summed E-state index contributed by atoms with van der Waals surface area (Å²) in [6.07, 6.45) is -1.95. The molecule has 0 saturated heterocycles. The molecule has 0 aliphatic heterocycles. The van der Waals surface area contributed by atoms with Crippen LogP contribution in [0.15, 0.2) is 35.3 Å². The molecule has 0 radical (unpaired) electrons. The van der Waals surface area contributed by atoms with Crippen molar-refractivity contribution < 1.29 is 29.0 Å². The summed E-state index contributed by atoms with van der Waals surface area (Å²) >= 11 is 0. The van der Waals surface area contributed by atoms with E-state index in [1.807, 2.05) is 5.32 Å². The number of amides is 1. The molecule has 0 saturated carbocycles. The van der Waals surface area contributed by atoms with E-state index in [0.29, 0.717) is 11.4 Å². The number of aliphatic carboxylic acids is 2. The second-order valence-electron chi connectivity index (χ2n) is 6.82. The normalized spacial score (nSPS) is 12.6. The summed E-state index contributed by atoms with van der Waals surface area (Å²) in [5.74, 6) is -4.17. The van der Waals surface area contributed by atoms with Crippen molar-refractivity contribution >= 4 is 40.6 Å². The molecule has 14 heteroatoms. The third kappa shape index (κ3) is 5.75. The SMILES string of the molecule is Nc1nc2ncc(CNc3ccc(C(=O)NC(C(=O)O)C(F)CC(=O)O)cc3)nc2c(=O)[nH]1. The van der Waals surface area contributed by atoms with Gasteiger partial charge >= 0.3 is 11.9 Å². The molecule has 2 unspecified atom stereocenters. The highest BCUT2D eigenvalue weighted by atomic mass is 19.1. The number of carboxylic acids is 2. The molecule has 0 aliphatic rings. The Balaban J connectivity index is 1.64. The number of benzene rings is 1. The molecule has 7 N–H and O–H groups in total. The standard InChI is InChI=1S/C19H18FN7O6/c20-11(5-12(28)29)13(18(32)33)25-16(30)8-1-3-9(4-2-8)22-6-10-7-23-15-14(24-10)17(31)27-19(21)26-15/h1-4,7,11,13,22H,5-6H2,(H,25,30)(H,28,29)(H,32,33)(H3,21,23,26,27,31). The minimum atomic E-state index is -2.30. The van der Waals surface area contributed by atoms with Crippen molar-refractivity contribution in [2.75, 3.05) is 11.1 Å². The van der Waals surface area contributed by atoms with Gasteiger partial charge in [-0.1, -0.05) is 0 Å². The van der Waals surface area contributed by atoms with Gasteiger partial charge in [0.1, 0.15) is 6.17 Å². The summed E-state index contributed by atoms with van der Waals surface area (Å²) in [5, 5.41) is 22.7. The highest BCUT2D eigenvalue weighted by Crippen LogP contribution is 2.13. The van der Waals surface area contributed by atoms with Gasteiger partial charge in [-0.3, -0.25) is 19.4 Å². The summed E-state index contributed by atoms with van der Waals surface area (Å²) in [7, 11) is 0. The van der Waals surface area contributed by atoms with Crippen LogP contribution in [0.25, 0.3) is 11.2 Å². The minimum Gasteiger partial charge on any atom is -0.481 e. The Morgan fingerprint density at radius 1 is 1.15 bits per heavy atom. The van der Waals surface area contributed by atoms with E-state index in [2.05, 4.69) is 25.3 Å². The highest BCUT2D eigenvalue weighted by molar-refractivity contribution is 5.97. The average molecular weight is 459 g/mol. The lowest BCUT2D eigenvalue weighted by Gasteiger charge is -2.17. The van der Waals surface area contributed by atoms with E-state index in [1.54, 1.807) is 0 Å². The van der Waals surface area contributed by atoms with Gasteiger partial charge in [-0.15, -0.1) is 0 Å². The van der Waals surface area contributed by atoms with Crippen molar-refractivity contribution in [3.05, 3.63) is 52.1 Å². The molecule has 172 valence electrons. The van der Waals surface area contributed by atoms with E-state index in [9.17, 15) is 23.6 Å². The fraction of sp³-hybridized carbons (Fsp3) is 0.211. The summed E-state index contributed by atoms with van der Waals surface area (Å²) in [6, 6.07) is 3.75. The molecule has 13 nitrogen and oxygen atoms in total. The minimum absolute atomic E-state index is 0.0255. The number of nitrogens with one attached hydrogen (secondary N) is 3. The highest BCUT2D eigenvalue weighted by Gasteiger charge is 2.31. The number of halogens is 1. The Bertz CT molecular complexity index is 1260. The number of nitrogen functional groups attached to an aromatic ring is 1. The molecule has 0 aliphatic carbocycles. The number of aromatic nitrogens is 4. The van der Waals surface area contributed by atoms with Gasteiger partial charge in [-0.05, 0) is 24.3 Å². The van der Waals surface area contributed by atoms with Gasteiger partial charge in [0, 0.05) is 11.3 Å². The fourth-order valence-corrected chi connectivity index (χ4v) is 2.80. The maximum Gasteiger partial charge on any atom is 0.329 e. The van der Waals surface area contributed by atoms with E-state index >= 15 is 0 Å². The molecule has 0 spiro atoms. The van der Waals surface area contributed by atoms with Crippen LogP contribution in [0, 0.1) is 0 Å². The van der Waals surface area contributed by atoms with Gasteiger partial charge < -0.3 is 26.6 Å². The van der Waals surface area contributed by atoms with Gasteiger partial charge in [0.15, 0.2) is 17.2 Å². The van der Waals surface area contributed by atoms with Crippen molar-refractivity contribution in [2.45, 2.75) is 25.2 Å². The lowest BCUT2D eigenvalue weighted by atomic mass is 10.1. The zero-order chi connectivity index (χ0) is 24.1. The number of nitrogens with zero attached hydrogens (tertiary/aromatic N) is 3. The van der Waals surface area contributed by atoms with E-state index in [1.165, 1.54) is 30.5 Å². The predicted molar refractivity (Wildman–Crippen MR) is 112 cm³/mol. The van der Waals surface area contributed by atoms with E-state index in [0.717, 1.165) is 0 Å². The second-order valence-corrected chi connectivity index (χ2v) is 6.82. The van der Waals surface area contributed by atoms with Crippen LogP contribution >= 0.6 is 0 Å². The number of H-pyrrole nitrogens is 1. The molecule has 0 fully saturated rings. The van der Waals surface area contributed by atoms with Crippen LogP contribution in [0.3, 0.4) is 0 Å². The Hall–Kier alpha value is -4.62. The quantitative estimate of drug-likeness (QED) is 0.248. The number of aromatic amines is 1. The molecule has 0 bridgehead atoms. The predicted octanol–water partition coefficient (Wildman–Crippen LogP) is -0.0968. The molecular formula is C19H18FN7O6. The van der Waals surface area contributed by atoms with Gasteiger partial charge in [-0.25, -0.2) is 19.2 Å². The van der Waals surface area contributed by atoms with Crippen molar-refractivity contribution in [1.29, 1.82) is 0 Å². The molecule has 2 atom stereocenters. The van der Waals surface area contributed by atoms with Gasteiger partial charge in [-0.2, -0.15) is 4.98 Å². The smallest absolute Gasteiger partial charge is 0.329 e. The molecule has 2 heterocycles. The summed E-state index contributed by atoms with van der Waals surface area (Å²) < 4.78 is 13.9. The van der Waals surface area contributed by atoms with E-state index in [4.69, 9.17) is 15.9 Å². The fourth-order valence-electron chi connectivity index (χ4n) is 2.80. The zero-order valence-electron chi connectivity index (χ0n) is 16.8. The molecule has 3 aromatic rings.